The highest BCUT2D eigenvalue weighted by molar-refractivity contribution is 6.04. The number of hydrogen-bond acceptors (Lipinski definition) is 1. The molecule has 3 heteroatoms. The highest BCUT2D eigenvalue weighted by atomic mass is 35.5. The third-order valence-electron chi connectivity index (χ3n) is 0.554. The van der Waals surface area contributed by atoms with Crippen LogP contribution in [0.25, 0.3) is 0 Å². The van der Waals surface area contributed by atoms with Gasteiger partial charge in [-0.2, -0.15) is 0 Å². The van der Waals surface area contributed by atoms with Crippen molar-refractivity contribution in [3.05, 3.63) is 12.2 Å². The minimum absolute atomic E-state index is 0. The van der Waals surface area contributed by atoms with Gasteiger partial charge in [-0.15, -0.1) is 12.4 Å². The molecule has 0 spiro atoms. The first-order valence-corrected chi connectivity index (χ1v) is 1.69. The molecule has 38 valence electrons. The van der Waals surface area contributed by atoms with E-state index in [-0.39, 0.29) is 12.4 Å². The number of halogens is 1. The van der Waals surface area contributed by atoms with Crippen LogP contribution in [-0.4, -0.2) is 12.1 Å². The third kappa shape index (κ3) is 1.50. The summed E-state index contributed by atoms with van der Waals surface area (Å²) in [6, 6.07) is 0. The van der Waals surface area contributed by atoms with Crippen molar-refractivity contribution in [2.45, 2.75) is 0 Å². The molecule has 0 aromatic carbocycles. The van der Waals surface area contributed by atoms with Crippen molar-refractivity contribution in [1.29, 1.82) is 5.41 Å². The molecule has 0 radical (unpaired) electrons. The Morgan fingerprint density at radius 1 is 1.57 bits per heavy atom. The Balaban J connectivity index is 0.000000360. The highest BCUT2D eigenvalue weighted by Gasteiger charge is 1.84. The van der Waals surface area contributed by atoms with Crippen molar-refractivity contribution in [2.75, 3.05) is 0 Å². The summed E-state index contributed by atoms with van der Waals surface area (Å²) < 4.78 is 0. The lowest BCUT2D eigenvalue weighted by Gasteiger charge is -1.68. The zero-order valence-electron chi connectivity index (χ0n) is 3.59. The highest BCUT2D eigenvalue weighted by Crippen LogP contribution is 1.84. The van der Waals surface area contributed by atoms with Gasteiger partial charge in [0.25, 0.3) is 0 Å². The maximum atomic E-state index is 6.76. The van der Waals surface area contributed by atoms with Gasteiger partial charge >= 0.3 is 0 Å². The fourth-order valence-corrected chi connectivity index (χ4v) is 0.301. The third-order valence-corrected chi connectivity index (χ3v) is 0.554. The standard InChI is InChI=1S/C4H4N2.ClH/c5-4-2-1-3-6-4;/h1-3,5H;1H. The van der Waals surface area contributed by atoms with Crippen LogP contribution in [0.5, 0.6) is 0 Å². The molecule has 0 saturated heterocycles. The first-order chi connectivity index (χ1) is 2.89. The fourth-order valence-electron chi connectivity index (χ4n) is 0.301. The van der Waals surface area contributed by atoms with E-state index in [0.717, 1.165) is 0 Å². The topological polar surface area (TPSA) is 36.2 Å². The molecule has 0 amide bonds. The van der Waals surface area contributed by atoms with Crippen LogP contribution in [-0.2, 0) is 0 Å². The predicted octanol–water partition coefficient (Wildman–Crippen LogP) is 1.03. The molecule has 0 aromatic heterocycles. The van der Waals surface area contributed by atoms with Crippen molar-refractivity contribution < 1.29 is 0 Å². The Bertz CT molecular complexity index is 112. The summed E-state index contributed by atoms with van der Waals surface area (Å²) in [5, 5.41) is 6.76. The van der Waals surface area contributed by atoms with Crippen LogP contribution in [0.2, 0.25) is 0 Å². The number of rotatable bonds is 0. The van der Waals surface area contributed by atoms with Crippen LogP contribution in [0.1, 0.15) is 0 Å². The Morgan fingerprint density at radius 2 is 2.29 bits per heavy atom. The maximum Gasteiger partial charge on any atom is 0.144 e. The maximum absolute atomic E-state index is 6.76. The zero-order valence-corrected chi connectivity index (χ0v) is 4.40. The van der Waals surface area contributed by atoms with E-state index in [9.17, 15) is 0 Å². The summed E-state index contributed by atoms with van der Waals surface area (Å²) in [4.78, 5) is 3.58. The van der Waals surface area contributed by atoms with E-state index in [4.69, 9.17) is 5.41 Å². The van der Waals surface area contributed by atoms with Crippen molar-refractivity contribution in [2.24, 2.45) is 4.99 Å². The van der Waals surface area contributed by atoms with Gasteiger partial charge in [-0.05, 0) is 12.2 Å². The van der Waals surface area contributed by atoms with E-state index in [1.165, 1.54) is 0 Å². The average Bonchev–Trinajstić information content (AvgIpc) is 1.86. The number of amidine groups is 1. The summed E-state index contributed by atoms with van der Waals surface area (Å²) in [7, 11) is 0. The molecule has 0 fully saturated rings. The van der Waals surface area contributed by atoms with Gasteiger partial charge in [0, 0.05) is 6.21 Å². The van der Waals surface area contributed by atoms with Crippen LogP contribution in [0.3, 0.4) is 0 Å². The van der Waals surface area contributed by atoms with Crippen LogP contribution < -0.4 is 0 Å². The van der Waals surface area contributed by atoms with Crippen molar-refractivity contribution >= 4 is 24.5 Å². The lowest BCUT2D eigenvalue weighted by Crippen LogP contribution is -1.73. The number of nitrogens with one attached hydrogen (secondary N) is 1. The number of nitrogens with zero attached hydrogens (tertiary/aromatic N) is 1. The van der Waals surface area contributed by atoms with Crippen molar-refractivity contribution in [3.63, 3.8) is 0 Å². The first kappa shape index (κ1) is 6.37. The summed E-state index contributed by atoms with van der Waals surface area (Å²) in [5.41, 5.74) is 0. The molecule has 2 nitrogen and oxygen atoms in total. The van der Waals surface area contributed by atoms with E-state index < -0.39 is 0 Å². The number of aliphatic imine (C=N–C) groups is 1. The molecule has 0 aromatic rings. The molecule has 0 aliphatic carbocycles. The second-order valence-electron chi connectivity index (χ2n) is 1.02. The second kappa shape index (κ2) is 2.53. The second-order valence-corrected chi connectivity index (χ2v) is 1.02. The van der Waals surface area contributed by atoms with Gasteiger partial charge in [0.05, 0.1) is 0 Å². The minimum atomic E-state index is 0. The average molecular weight is 117 g/mol. The summed E-state index contributed by atoms with van der Waals surface area (Å²) in [6.45, 7) is 0. The molecule has 0 unspecified atom stereocenters. The Kier molecular flexibility index (Phi) is 2.30. The monoisotopic (exact) mass is 116 g/mol. The Labute approximate surface area is 47.9 Å². The van der Waals surface area contributed by atoms with E-state index >= 15 is 0 Å². The molecule has 0 saturated carbocycles. The SMILES string of the molecule is Cl.N=C1C=CC=N1. The van der Waals surface area contributed by atoms with E-state index in [2.05, 4.69) is 4.99 Å². The molecule has 1 aliphatic rings. The van der Waals surface area contributed by atoms with Gasteiger partial charge < -0.3 is 0 Å². The summed E-state index contributed by atoms with van der Waals surface area (Å²) in [5.74, 6) is 0.343. The predicted molar refractivity (Wildman–Crippen MR) is 32.6 cm³/mol. The van der Waals surface area contributed by atoms with Gasteiger partial charge in [0.15, 0.2) is 0 Å². The van der Waals surface area contributed by atoms with Crippen LogP contribution in [0.15, 0.2) is 17.1 Å². The molecule has 1 heterocycles. The molecule has 0 atom stereocenters. The molecule has 7 heavy (non-hydrogen) atoms. The summed E-state index contributed by atoms with van der Waals surface area (Å²) >= 11 is 0. The van der Waals surface area contributed by atoms with E-state index in [0.29, 0.717) is 5.84 Å². The summed E-state index contributed by atoms with van der Waals surface area (Å²) in [6.07, 6.45) is 4.98. The van der Waals surface area contributed by atoms with Gasteiger partial charge in [0.1, 0.15) is 5.84 Å². The lowest BCUT2D eigenvalue weighted by atomic mass is 10.6. The molecule has 1 aliphatic heterocycles. The molecular formula is C4H5ClN2. The van der Waals surface area contributed by atoms with Gasteiger partial charge in [-0.3, -0.25) is 5.41 Å². The molecule has 0 bridgehead atoms. The largest absolute Gasteiger partial charge is 0.283 e. The lowest BCUT2D eigenvalue weighted by molar-refractivity contribution is 1.48. The van der Waals surface area contributed by atoms with Crippen LogP contribution in [0.4, 0.5) is 0 Å². The zero-order chi connectivity index (χ0) is 4.41. The van der Waals surface area contributed by atoms with Crippen molar-refractivity contribution in [1.82, 2.24) is 0 Å². The smallest absolute Gasteiger partial charge is 0.144 e. The van der Waals surface area contributed by atoms with Gasteiger partial charge in [0.2, 0.25) is 0 Å². The molecule has 1 N–H and O–H groups in total. The van der Waals surface area contributed by atoms with E-state index in [1.807, 2.05) is 0 Å². The Hall–Kier alpha value is -0.630. The molecule has 1 rings (SSSR count). The Morgan fingerprint density at radius 3 is 2.43 bits per heavy atom. The normalized spacial score (nSPS) is 14.6. The van der Waals surface area contributed by atoms with Crippen molar-refractivity contribution in [3.8, 4) is 0 Å². The number of hydrogen-bond donors (Lipinski definition) is 1. The quantitative estimate of drug-likeness (QED) is 0.491. The van der Waals surface area contributed by atoms with Gasteiger partial charge in [-0.25, -0.2) is 4.99 Å². The first-order valence-electron chi connectivity index (χ1n) is 1.69. The fraction of sp³-hybridized carbons (Fsp3) is 0. The van der Waals surface area contributed by atoms with Crippen LogP contribution in [0, 0.1) is 5.41 Å². The van der Waals surface area contributed by atoms with E-state index in [1.54, 1.807) is 18.4 Å². The number of allylic oxidation sites excluding steroid dienone is 1. The van der Waals surface area contributed by atoms with Gasteiger partial charge in [-0.1, -0.05) is 0 Å². The molecular weight excluding hydrogens is 112 g/mol. The van der Waals surface area contributed by atoms with Crippen LogP contribution >= 0.6 is 12.4 Å². The minimum Gasteiger partial charge on any atom is -0.283 e.